The first-order chi connectivity index (χ1) is 10.2. The Hall–Kier alpha value is -2.58. The predicted molar refractivity (Wildman–Crippen MR) is 71.0 cm³/mol. The maximum atomic E-state index is 12.6. The van der Waals surface area contributed by atoms with Crippen LogP contribution in [0.1, 0.15) is 16.8 Å². The van der Waals surface area contributed by atoms with Gasteiger partial charge in [-0.15, -0.1) is 0 Å². The molecule has 0 fully saturated rings. The number of alkyl halides is 3. The van der Waals surface area contributed by atoms with E-state index in [1.165, 1.54) is 4.90 Å². The average Bonchev–Trinajstić information content (AvgIpc) is 2.45. The topological polar surface area (TPSA) is 83.7 Å². The van der Waals surface area contributed by atoms with Crippen molar-refractivity contribution in [3.8, 4) is 0 Å². The lowest BCUT2D eigenvalue weighted by Gasteiger charge is -2.29. The summed E-state index contributed by atoms with van der Waals surface area (Å²) in [6, 6.07) is 3.20. The van der Waals surface area contributed by atoms with Crippen LogP contribution in [-0.2, 0) is 0 Å². The fraction of sp³-hybridized carbons (Fsp3) is 0.308. The van der Waals surface area contributed by atoms with Crippen LogP contribution in [-0.4, -0.2) is 35.3 Å². The Labute approximate surface area is 122 Å². The van der Waals surface area contributed by atoms with Crippen molar-refractivity contribution >= 4 is 17.3 Å². The van der Waals surface area contributed by atoms with Gasteiger partial charge < -0.3 is 10.0 Å². The Balaban J connectivity index is 2.36. The van der Waals surface area contributed by atoms with Gasteiger partial charge in [0.1, 0.15) is 0 Å². The quantitative estimate of drug-likeness (QED) is 0.526. The van der Waals surface area contributed by atoms with Crippen molar-refractivity contribution in [2.45, 2.75) is 12.6 Å². The first kappa shape index (κ1) is 15.8. The van der Waals surface area contributed by atoms with Gasteiger partial charge in [0.2, 0.25) is 0 Å². The van der Waals surface area contributed by atoms with Crippen LogP contribution in [0.3, 0.4) is 0 Å². The van der Waals surface area contributed by atoms with E-state index >= 15 is 0 Å². The first-order valence-corrected chi connectivity index (χ1v) is 6.23. The molecule has 1 heterocycles. The van der Waals surface area contributed by atoms with E-state index in [2.05, 4.69) is 0 Å². The summed E-state index contributed by atoms with van der Waals surface area (Å²) >= 11 is 0. The summed E-state index contributed by atoms with van der Waals surface area (Å²) in [5.74, 6) is -1.30. The number of carboxylic acids is 1. The fourth-order valence-electron chi connectivity index (χ4n) is 2.22. The lowest BCUT2D eigenvalue weighted by Crippen LogP contribution is -2.33. The van der Waals surface area contributed by atoms with Crippen LogP contribution < -0.4 is 4.90 Å². The Bertz CT molecular complexity index is 655. The minimum Gasteiger partial charge on any atom is -0.478 e. The lowest BCUT2D eigenvalue weighted by atomic mass is 10.0. The van der Waals surface area contributed by atoms with E-state index in [4.69, 9.17) is 5.11 Å². The lowest BCUT2D eigenvalue weighted by molar-refractivity contribution is -0.384. The summed E-state index contributed by atoms with van der Waals surface area (Å²) in [5, 5.41) is 19.9. The minimum atomic E-state index is -4.41. The molecule has 22 heavy (non-hydrogen) atoms. The second-order valence-corrected chi connectivity index (χ2v) is 4.69. The van der Waals surface area contributed by atoms with Gasteiger partial charge in [-0.25, -0.2) is 4.79 Å². The van der Waals surface area contributed by atoms with Crippen molar-refractivity contribution in [3.05, 3.63) is 45.5 Å². The monoisotopic (exact) mass is 316 g/mol. The van der Waals surface area contributed by atoms with E-state index < -0.39 is 22.6 Å². The maximum absolute atomic E-state index is 12.6. The number of aromatic carboxylic acids is 1. The molecule has 1 aromatic rings. The summed E-state index contributed by atoms with van der Waals surface area (Å²) in [5.41, 5.74) is -1.13. The minimum absolute atomic E-state index is 0.0409. The van der Waals surface area contributed by atoms with E-state index in [1.54, 1.807) is 0 Å². The molecule has 0 atom stereocenters. The number of halogens is 3. The van der Waals surface area contributed by atoms with Gasteiger partial charge in [-0.2, -0.15) is 13.2 Å². The molecular weight excluding hydrogens is 305 g/mol. The number of carboxylic acid groups (broad SMARTS) is 1. The second-order valence-electron chi connectivity index (χ2n) is 4.69. The molecule has 9 heteroatoms. The van der Waals surface area contributed by atoms with Crippen LogP contribution in [0.4, 0.5) is 24.5 Å². The van der Waals surface area contributed by atoms with E-state index in [0.717, 1.165) is 24.3 Å². The molecule has 1 aliphatic heterocycles. The molecule has 0 bridgehead atoms. The normalized spacial score (nSPS) is 15.4. The van der Waals surface area contributed by atoms with Crippen molar-refractivity contribution in [1.82, 2.24) is 0 Å². The van der Waals surface area contributed by atoms with Crippen LogP contribution in [0.5, 0.6) is 0 Å². The predicted octanol–water partition coefficient (Wildman–Crippen LogP) is 2.99. The SMILES string of the molecule is O=C(O)c1ccc([N+](=O)[O-])cc1N1CC=C(C(F)(F)F)CC1. The number of anilines is 1. The van der Waals surface area contributed by atoms with Crippen LogP contribution in [0.25, 0.3) is 0 Å². The molecule has 0 unspecified atom stereocenters. The third-order valence-electron chi connectivity index (χ3n) is 3.34. The summed E-state index contributed by atoms with van der Waals surface area (Å²) in [7, 11) is 0. The molecular formula is C13H11F3N2O4. The van der Waals surface area contributed by atoms with Gasteiger partial charge in [-0.05, 0) is 12.5 Å². The summed E-state index contributed by atoms with van der Waals surface area (Å²) < 4.78 is 37.7. The maximum Gasteiger partial charge on any atom is 0.412 e. The van der Waals surface area contributed by atoms with Crippen molar-refractivity contribution in [1.29, 1.82) is 0 Å². The van der Waals surface area contributed by atoms with Crippen molar-refractivity contribution in [3.63, 3.8) is 0 Å². The fourth-order valence-corrected chi connectivity index (χ4v) is 2.22. The number of nitro groups is 1. The number of nitro benzene ring substituents is 1. The zero-order chi connectivity index (χ0) is 16.5. The molecule has 0 amide bonds. The highest BCUT2D eigenvalue weighted by molar-refractivity contribution is 5.95. The van der Waals surface area contributed by atoms with Gasteiger partial charge in [0, 0.05) is 30.8 Å². The van der Waals surface area contributed by atoms with E-state index in [1.807, 2.05) is 0 Å². The van der Waals surface area contributed by atoms with Gasteiger partial charge in [-0.3, -0.25) is 10.1 Å². The summed E-state index contributed by atoms with van der Waals surface area (Å²) in [4.78, 5) is 22.7. The molecule has 2 rings (SSSR count). The Morgan fingerprint density at radius 1 is 1.36 bits per heavy atom. The van der Waals surface area contributed by atoms with Gasteiger partial charge in [-0.1, -0.05) is 6.08 Å². The van der Waals surface area contributed by atoms with Crippen LogP contribution in [0.15, 0.2) is 29.8 Å². The molecule has 0 radical (unpaired) electrons. The highest BCUT2D eigenvalue weighted by atomic mass is 19.4. The van der Waals surface area contributed by atoms with E-state index in [9.17, 15) is 28.1 Å². The Morgan fingerprint density at radius 2 is 2.05 bits per heavy atom. The standard InChI is InChI=1S/C13H11F3N2O4/c14-13(15,16)8-3-5-17(6-4-8)11-7-9(18(21)22)1-2-10(11)12(19)20/h1-3,7H,4-6H2,(H,19,20). The summed E-state index contributed by atoms with van der Waals surface area (Å²) in [6.07, 6.45) is -3.75. The average molecular weight is 316 g/mol. The summed E-state index contributed by atoms with van der Waals surface area (Å²) in [6.45, 7) is -0.219. The van der Waals surface area contributed by atoms with Crippen molar-refractivity contribution in [2.75, 3.05) is 18.0 Å². The van der Waals surface area contributed by atoms with E-state index in [-0.39, 0.29) is 36.4 Å². The molecule has 1 aliphatic rings. The molecule has 6 nitrogen and oxygen atoms in total. The first-order valence-electron chi connectivity index (χ1n) is 6.23. The molecule has 0 aromatic heterocycles. The smallest absolute Gasteiger partial charge is 0.412 e. The van der Waals surface area contributed by atoms with Crippen molar-refractivity contribution < 1.29 is 28.0 Å². The Morgan fingerprint density at radius 3 is 2.50 bits per heavy atom. The number of hydrogen-bond donors (Lipinski definition) is 1. The number of hydrogen-bond acceptors (Lipinski definition) is 4. The number of benzene rings is 1. The number of carbonyl (C=O) groups is 1. The molecule has 1 aromatic carbocycles. The molecule has 0 spiro atoms. The van der Waals surface area contributed by atoms with Crippen molar-refractivity contribution in [2.24, 2.45) is 0 Å². The zero-order valence-corrected chi connectivity index (χ0v) is 11.1. The molecule has 1 N–H and O–H groups in total. The third kappa shape index (κ3) is 3.18. The molecule has 0 aliphatic carbocycles. The van der Waals surface area contributed by atoms with Crippen LogP contribution in [0, 0.1) is 10.1 Å². The van der Waals surface area contributed by atoms with Gasteiger partial charge in [0.15, 0.2) is 0 Å². The largest absolute Gasteiger partial charge is 0.478 e. The Kier molecular flexibility index (Phi) is 4.07. The van der Waals surface area contributed by atoms with Gasteiger partial charge >= 0.3 is 12.1 Å². The number of rotatable bonds is 3. The highest BCUT2D eigenvalue weighted by Crippen LogP contribution is 2.33. The number of non-ortho nitro benzene ring substituents is 1. The van der Waals surface area contributed by atoms with Gasteiger partial charge in [0.25, 0.3) is 5.69 Å². The molecule has 0 saturated heterocycles. The van der Waals surface area contributed by atoms with Gasteiger partial charge in [0.05, 0.1) is 16.2 Å². The zero-order valence-electron chi connectivity index (χ0n) is 11.1. The van der Waals surface area contributed by atoms with Crippen LogP contribution in [0.2, 0.25) is 0 Å². The number of nitrogens with zero attached hydrogens (tertiary/aromatic N) is 2. The van der Waals surface area contributed by atoms with E-state index in [0.29, 0.717) is 0 Å². The second kappa shape index (κ2) is 5.66. The van der Waals surface area contributed by atoms with Crippen LogP contribution >= 0.6 is 0 Å². The molecule has 0 saturated carbocycles. The third-order valence-corrected chi connectivity index (χ3v) is 3.34. The highest BCUT2D eigenvalue weighted by Gasteiger charge is 2.35. The molecule has 118 valence electrons.